The van der Waals surface area contributed by atoms with Gasteiger partial charge in [-0.1, -0.05) is 0 Å². The summed E-state index contributed by atoms with van der Waals surface area (Å²) < 4.78 is 5.47. The number of anilines is 1. The fourth-order valence-electron chi connectivity index (χ4n) is 2.81. The third kappa shape index (κ3) is 2.86. The van der Waals surface area contributed by atoms with Gasteiger partial charge in [-0.2, -0.15) is 0 Å². The number of methoxy groups -OCH3 is 1. The molecular formula is C16H26N2O. The predicted molar refractivity (Wildman–Crippen MR) is 81.3 cm³/mol. The van der Waals surface area contributed by atoms with Gasteiger partial charge in [-0.05, 0) is 63.4 Å². The number of rotatable bonds is 6. The van der Waals surface area contributed by atoms with Crippen LogP contribution >= 0.6 is 0 Å². The first-order chi connectivity index (χ1) is 9.03. The van der Waals surface area contributed by atoms with Gasteiger partial charge in [-0.15, -0.1) is 0 Å². The number of nitrogens with one attached hydrogen (secondary N) is 2. The summed E-state index contributed by atoms with van der Waals surface area (Å²) >= 11 is 0. The fourth-order valence-corrected chi connectivity index (χ4v) is 2.81. The van der Waals surface area contributed by atoms with Crippen molar-refractivity contribution in [3.8, 4) is 5.75 Å². The van der Waals surface area contributed by atoms with Crippen LogP contribution in [0.3, 0.4) is 0 Å². The van der Waals surface area contributed by atoms with Crippen LogP contribution in [0.4, 0.5) is 5.69 Å². The normalized spacial score (nSPS) is 16.3. The Hall–Kier alpha value is -1.22. The van der Waals surface area contributed by atoms with Crippen LogP contribution in [0, 0.1) is 26.2 Å². The van der Waals surface area contributed by atoms with E-state index in [1.807, 2.05) is 7.05 Å². The van der Waals surface area contributed by atoms with E-state index in [2.05, 4.69) is 37.5 Å². The lowest BCUT2D eigenvalue weighted by Crippen LogP contribution is -2.27. The van der Waals surface area contributed by atoms with Crippen molar-refractivity contribution in [2.24, 2.45) is 5.41 Å². The van der Waals surface area contributed by atoms with Gasteiger partial charge in [0.05, 0.1) is 7.11 Å². The summed E-state index contributed by atoms with van der Waals surface area (Å²) in [6, 6.07) is 2.20. The Labute approximate surface area is 116 Å². The van der Waals surface area contributed by atoms with Gasteiger partial charge in [0.1, 0.15) is 5.75 Å². The highest BCUT2D eigenvalue weighted by atomic mass is 16.5. The molecule has 1 aliphatic rings. The van der Waals surface area contributed by atoms with E-state index in [1.165, 1.54) is 35.2 Å². The highest BCUT2D eigenvalue weighted by Gasteiger charge is 2.41. The summed E-state index contributed by atoms with van der Waals surface area (Å²) in [6.45, 7) is 8.56. The summed E-state index contributed by atoms with van der Waals surface area (Å²) in [6.07, 6.45) is 2.65. The highest BCUT2D eigenvalue weighted by molar-refractivity contribution is 5.61. The zero-order valence-corrected chi connectivity index (χ0v) is 12.8. The van der Waals surface area contributed by atoms with E-state index < -0.39 is 0 Å². The van der Waals surface area contributed by atoms with E-state index in [1.54, 1.807) is 7.11 Å². The van der Waals surface area contributed by atoms with Crippen LogP contribution in [0.5, 0.6) is 5.75 Å². The maximum Gasteiger partial charge on any atom is 0.125 e. The molecule has 0 aromatic heterocycles. The molecule has 1 fully saturated rings. The van der Waals surface area contributed by atoms with Crippen LogP contribution in [-0.4, -0.2) is 27.2 Å². The molecule has 19 heavy (non-hydrogen) atoms. The van der Waals surface area contributed by atoms with Crippen molar-refractivity contribution < 1.29 is 4.74 Å². The lowest BCUT2D eigenvalue weighted by molar-refractivity contribution is 0.408. The maximum atomic E-state index is 5.47. The Morgan fingerprint density at radius 3 is 2.37 bits per heavy atom. The third-order valence-corrected chi connectivity index (χ3v) is 4.39. The Bertz CT molecular complexity index is 464. The van der Waals surface area contributed by atoms with Crippen LogP contribution < -0.4 is 15.4 Å². The van der Waals surface area contributed by atoms with Crippen molar-refractivity contribution in [3.05, 3.63) is 22.8 Å². The summed E-state index contributed by atoms with van der Waals surface area (Å²) in [7, 11) is 3.78. The van der Waals surface area contributed by atoms with Crippen molar-refractivity contribution in [1.82, 2.24) is 5.32 Å². The van der Waals surface area contributed by atoms with E-state index in [0.717, 1.165) is 18.8 Å². The smallest absolute Gasteiger partial charge is 0.125 e. The minimum Gasteiger partial charge on any atom is -0.496 e. The zero-order valence-electron chi connectivity index (χ0n) is 12.8. The molecule has 3 heteroatoms. The summed E-state index contributed by atoms with van der Waals surface area (Å²) in [5.74, 6) is 1.01. The number of ether oxygens (including phenoxy) is 1. The fraction of sp³-hybridized carbons (Fsp3) is 0.625. The van der Waals surface area contributed by atoms with Crippen LogP contribution in [0.1, 0.15) is 29.5 Å². The average Bonchev–Trinajstić information content (AvgIpc) is 3.13. The molecular weight excluding hydrogens is 236 g/mol. The molecule has 0 radical (unpaired) electrons. The Kier molecular flexibility index (Phi) is 4.04. The first-order valence-corrected chi connectivity index (χ1v) is 7.06. The molecule has 2 rings (SSSR count). The molecule has 1 aromatic carbocycles. The Morgan fingerprint density at radius 2 is 1.84 bits per heavy atom. The maximum absolute atomic E-state index is 5.47. The second-order valence-electron chi connectivity index (χ2n) is 5.91. The lowest BCUT2D eigenvalue weighted by atomic mass is 10.0. The van der Waals surface area contributed by atoms with Gasteiger partial charge in [0, 0.05) is 24.2 Å². The van der Waals surface area contributed by atoms with Gasteiger partial charge in [0.2, 0.25) is 0 Å². The average molecular weight is 262 g/mol. The lowest BCUT2D eigenvalue weighted by Gasteiger charge is -2.20. The molecule has 0 bridgehead atoms. The minimum atomic E-state index is 0.475. The standard InChI is InChI=1S/C16H26N2O/c1-11-8-14(12(2)13(3)15(11)19-5)18-10-16(6-7-16)9-17-4/h8,17-18H,6-7,9-10H2,1-5H3. The van der Waals surface area contributed by atoms with E-state index in [-0.39, 0.29) is 0 Å². The molecule has 0 saturated heterocycles. The molecule has 3 nitrogen and oxygen atoms in total. The van der Waals surface area contributed by atoms with Crippen molar-refractivity contribution in [3.63, 3.8) is 0 Å². The predicted octanol–water partition coefficient (Wildman–Crippen LogP) is 3.03. The number of aryl methyl sites for hydroxylation is 1. The SMILES string of the molecule is CNCC1(CNc2cc(C)c(OC)c(C)c2C)CC1. The zero-order chi connectivity index (χ0) is 14.0. The van der Waals surface area contributed by atoms with E-state index >= 15 is 0 Å². The first kappa shape index (κ1) is 14.2. The molecule has 0 atom stereocenters. The summed E-state index contributed by atoms with van der Waals surface area (Å²) in [4.78, 5) is 0. The molecule has 0 unspecified atom stereocenters. The van der Waals surface area contributed by atoms with Gasteiger partial charge in [0.25, 0.3) is 0 Å². The molecule has 1 aliphatic carbocycles. The van der Waals surface area contributed by atoms with Gasteiger partial charge in [-0.3, -0.25) is 0 Å². The molecule has 1 aromatic rings. The van der Waals surface area contributed by atoms with Crippen molar-refractivity contribution in [2.75, 3.05) is 32.6 Å². The molecule has 0 amide bonds. The number of benzene rings is 1. The molecule has 0 spiro atoms. The van der Waals surface area contributed by atoms with E-state index in [9.17, 15) is 0 Å². The quantitative estimate of drug-likeness (QED) is 0.826. The second kappa shape index (κ2) is 5.41. The topological polar surface area (TPSA) is 33.3 Å². The van der Waals surface area contributed by atoms with Crippen LogP contribution in [0.25, 0.3) is 0 Å². The summed E-state index contributed by atoms with van der Waals surface area (Å²) in [5, 5.41) is 6.94. The van der Waals surface area contributed by atoms with E-state index in [0.29, 0.717) is 5.41 Å². The minimum absolute atomic E-state index is 0.475. The van der Waals surface area contributed by atoms with Crippen LogP contribution in [-0.2, 0) is 0 Å². The van der Waals surface area contributed by atoms with Crippen molar-refractivity contribution in [2.45, 2.75) is 33.6 Å². The molecule has 1 saturated carbocycles. The van der Waals surface area contributed by atoms with Gasteiger partial charge in [0.15, 0.2) is 0 Å². The van der Waals surface area contributed by atoms with Crippen molar-refractivity contribution >= 4 is 5.69 Å². The number of hydrogen-bond donors (Lipinski definition) is 2. The van der Waals surface area contributed by atoms with E-state index in [4.69, 9.17) is 4.74 Å². The third-order valence-electron chi connectivity index (χ3n) is 4.39. The van der Waals surface area contributed by atoms with Crippen LogP contribution in [0.15, 0.2) is 6.07 Å². The van der Waals surface area contributed by atoms with Crippen LogP contribution in [0.2, 0.25) is 0 Å². The number of hydrogen-bond acceptors (Lipinski definition) is 3. The van der Waals surface area contributed by atoms with Gasteiger partial charge < -0.3 is 15.4 Å². The molecule has 0 heterocycles. The highest BCUT2D eigenvalue weighted by Crippen LogP contribution is 2.45. The Morgan fingerprint density at radius 1 is 1.16 bits per heavy atom. The molecule has 2 N–H and O–H groups in total. The molecule has 106 valence electrons. The first-order valence-electron chi connectivity index (χ1n) is 7.06. The second-order valence-corrected chi connectivity index (χ2v) is 5.91. The largest absolute Gasteiger partial charge is 0.496 e. The van der Waals surface area contributed by atoms with Gasteiger partial charge >= 0.3 is 0 Å². The summed E-state index contributed by atoms with van der Waals surface area (Å²) in [5.41, 5.74) is 5.46. The Balaban J connectivity index is 2.13. The monoisotopic (exact) mass is 262 g/mol. The molecule has 0 aliphatic heterocycles. The van der Waals surface area contributed by atoms with Gasteiger partial charge in [-0.25, -0.2) is 0 Å². The van der Waals surface area contributed by atoms with Crippen molar-refractivity contribution in [1.29, 1.82) is 0 Å².